The summed E-state index contributed by atoms with van der Waals surface area (Å²) < 4.78 is 16.5. The van der Waals surface area contributed by atoms with Gasteiger partial charge in [0, 0.05) is 12.1 Å². The van der Waals surface area contributed by atoms with Crippen LogP contribution in [0.25, 0.3) is 11.0 Å². The third kappa shape index (κ3) is 2.40. The lowest BCUT2D eigenvalue weighted by Crippen LogP contribution is -2.23. The van der Waals surface area contributed by atoms with E-state index in [0.717, 1.165) is 23.9 Å². The molecule has 1 aliphatic rings. The molecule has 2 aromatic rings. The summed E-state index contributed by atoms with van der Waals surface area (Å²) in [5.74, 6) is 1.66. The van der Waals surface area contributed by atoms with E-state index >= 15 is 0 Å². The molecule has 1 heterocycles. The van der Waals surface area contributed by atoms with Gasteiger partial charge in [0.05, 0.1) is 14.6 Å². The summed E-state index contributed by atoms with van der Waals surface area (Å²) in [5.41, 5.74) is 7.72. The van der Waals surface area contributed by atoms with Gasteiger partial charge in [-0.2, -0.15) is 0 Å². The Labute approximate surface area is 131 Å². The number of nitrogens with two attached hydrogens (primary N) is 1. The molecular weight excluding hydrogens is 368 g/mol. The summed E-state index contributed by atoms with van der Waals surface area (Å²) in [7, 11) is 0. The second-order valence-corrected chi connectivity index (χ2v) is 7.33. The minimum absolute atomic E-state index is 0.198. The molecule has 2 unspecified atom stereocenters. The first-order valence-corrected chi connectivity index (χ1v) is 8.16. The quantitative estimate of drug-likeness (QED) is 0.739. The van der Waals surface area contributed by atoms with Gasteiger partial charge in [0.1, 0.15) is 5.82 Å². The minimum atomic E-state index is -0.198. The van der Waals surface area contributed by atoms with Crippen molar-refractivity contribution in [3.63, 3.8) is 0 Å². The van der Waals surface area contributed by atoms with Crippen LogP contribution in [0.5, 0.6) is 0 Å². The smallest absolute Gasteiger partial charge is 0.201 e. The van der Waals surface area contributed by atoms with Crippen LogP contribution >= 0.6 is 22.6 Å². The average molecular weight is 387 g/mol. The van der Waals surface area contributed by atoms with Crippen LogP contribution in [-0.4, -0.2) is 9.55 Å². The van der Waals surface area contributed by atoms with E-state index in [-0.39, 0.29) is 5.82 Å². The monoisotopic (exact) mass is 387 g/mol. The minimum Gasteiger partial charge on any atom is -0.369 e. The van der Waals surface area contributed by atoms with Crippen molar-refractivity contribution in [1.29, 1.82) is 0 Å². The van der Waals surface area contributed by atoms with Crippen LogP contribution in [0.4, 0.5) is 10.3 Å². The summed E-state index contributed by atoms with van der Waals surface area (Å²) in [5, 5.41) is 0. The maximum Gasteiger partial charge on any atom is 0.201 e. The molecule has 0 spiro atoms. The number of nitrogen functional groups attached to an aromatic ring is 1. The van der Waals surface area contributed by atoms with E-state index in [9.17, 15) is 4.39 Å². The van der Waals surface area contributed by atoms with Gasteiger partial charge >= 0.3 is 0 Å². The Morgan fingerprint density at radius 1 is 1.25 bits per heavy atom. The van der Waals surface area contributed by atoms with Crippen molar-refractivity contribution in [1.82, 2.24) is 9.55 Å². The van der Waals surface area contributed by atoms with Crippen molar-refractivity contribution >= 4 is 39.6 Å². The Hall–Kier alpha value is -0.850. The molecule has 0 radical (unpaired) electrons. The highest BCUT2D eigenvalue weighted by Gasteiger charge is 2.27. The molecule has 1 saturated carbocycles. The lowest BCUT2D eigenvalue weighted by molar-refractivity contribution is 0.226. The zero-order valence-corrected chi connectivity index (χ0v) is 13.9. The predicted molar refractivity (Wildman–Crippen MR) is 88.0 cm³/mol. The molecule has 3 nitrogen and oxygen atoms in total. The highest BCUT2D eigenvalue weighted by molar-refractivity contribution is 14.1. The van der Waals surface area contributed by atoms with E-state index < -0.39 is 0 Å². The Bertz CT molecular complexity index is 642. The third-order valence-electron chi connectivity index (χ3n) is 4.28. The van der Waals surface area contributed by atoms with E-state index in [1.54, 1.807) is 12.1 Å². The number of rotatable bonds is 1. The van der Waals surface area contributed by atoms with Gasteiger partial charge in [-0.25, -0.2) is 9.37 Å². The summed E-state index contributed by atoms with van der Waals surface area (Å²) in [6.07, 6.45) is 3.44. The zero-order chi connectivity index (χ0) is 14.4. The SMILES string of the molecule is CC1CC(C)CC(n2c(N)nc3cc(I)c(F)cc32)C1. The molecule has 2 N–H and O–H groups in total. The van der Waals surface area contributed by atoms with E-state index in [2.05, 4.69) is 18.8 Å². The number of nitrogens with zero attached hydrogens (tertiary/aromatic N) is 2. The first-order valence-electron chi connectivity index (χ1n) is 7.08. The molecular formula is C15H19FIN3. The zero-order valence-electron chi connectivity index (χ0n) is 11.7. The third-order valence-corrected chi connectivity index (χ3v) is 5.10. The van der Waals surface area contributed by atoms with Gasteiger partial charge in [-0.05, 0) is 59.8 Å². The number of fused-ring (bicyclic) bond motifs is 1. The molecule has 108 valence electrons. The van der Waals surface area contributed by atoms with Crippen LogP contribution < -0.4 is 5.73 Å². The van der Waals surface area contributed by atoms with Crippen molar-refractivity contribution in [3.8, 4) is 0 Å². The van der Waals surface area contributed by atoms with Gasteiger partial charge in [0.15, 0.2) is 0 Å². The van der Waals surface area contributed by atoms with E-state index in [4.69, 9.17) is 5.73 Å². The molecule has 5 heteroatoms. The van der Waals surface area contributed by atoms with Crippen molar-refractivity contribution in [2.24, 2.45) is 11.8 Å². The number of anilines is 1. The molecule has 1 fully saturated rings. The van der Waals surface area contributed by atoms with Crippen molar-refractivity contribution in [2.45, 2.75) is 39.2 Å². The highest BCUT2D eigenvalue weighted by atomic mass is 127. The van der Waals surface area contributed by atoms with E-state index in [1.165, 1.54) is 6.42 Å². The standard InChI is InChI=1S/C15H19FIN3/c1-8-3-9(2)5-10(4-8)20-14-6-11(16)12(17)7-13(14)19-15(20)18/h6-10H,3-5H2,1-2H3,(H2,18,19). The first kappa shape index (κ1) is 14.1. The van der Waals surface area contributed by atoms with Crippen LogP contribution in [-0.2, 0) is 0 Å². The van der Waals surface area contributed by atoms with Crippen LogP contribution in [0.3, 0.4) is 0 Å². The Kier molecular flexibility index (Phi) is 3.64. The number of imidazole rings is 1. The van der Waals surface area contributed by atoms with E-state index in [1.807, 2.05) is 27.2 Å². The summed E-state index contributed by atoms with van der Waals surface area (Å²) in [4.78, 5) is 4.41. The number of hydrogen-bond donors (Lipinski definition) is 1. The van der Waals surface area contributed by atoms with E-state index in [0.29, 0.717) is 27.4 Å². The molecule has 0 bridgehead atoms. The molecule has 3 rings (SSSR count). The van der Waals surface area contributed by atoms with Crippen molar-refractivity contribution < 1.29 is 4.39 Å². The van der Waals surface area contributed by atoms with Gasteiger partial charge in [0.25, 0.3) is 0 Å². The van der Waals surface area contributed by atoms with Crippen molar-refractivity contribution in [2.75, 3.05) is 5.73 Å². The van der Waals surface area contributed by atoms with Gasteiger partial charge in [-0.1, -0.05) is 13.8 Å². The second kappa shape index (κ2) is 5.16. The van der Waals surface area contributed by atoms with Gasteiger partial charge in [0.2, 0.25) is 5.95 Å². The van der Waals surface area contributed by atoms with Crippen LogP contribution in [0, 0.1) is 21.2 Å². The van der Waals surface area contributed by atoms with Crippen LogP contribution in [0.15, 0.2) is 12.1 Å². The van der Waals surface area contributed by atoms with Crippen molar-refractivity contribution in [3.05, 3.63) is 21.5 Å². The van der Waals surface area contributed by atoms with Gasteiger partial charge < -0.3 is 10.3 Å². The lowest BCUT2D eigenvalue weighted by atomic mass is 9.80. The molecule has 1 aliphatic carbocycles. The fraction of sp³-hybridized carbons (Fsp3) is 0.533. The average Bonchev–Trinajstić information content (AvgIpc) is 2.64. The topological polar surface area (TPSA) is 43.8 Å². The molecule has 0 saturated heterocycles. The summed E-state index contributed by atoms with van der Waals surface area (Å²) in [6.45, 7) is 4.56. The molecule has 2 atom stereocenters. The fourth-order valence-corrected chi connectivity index (χ4v) is 4.06. The first-order chi connectivity index (χ1) is 9.45. The number of hydrogen-bond acceptors (Lipinski definition) is 2. The summed E-state index contributed by atoms with van der Waals surface area (Å²) in [6, 6.07) is 3.68. The predicted octanol–water partition coefficient (Wildman–Crippen LogP) is 4.36. The molecule has 1 aromatic carbocycles. The maximum atomic E-state index is 13.9. The van der Waals surface area contributed by atoms with Crippen LogP contribution in [0.2, 0.25) is 0 Å². The summed E-state index contributed by atoms with van der Waals surface area (Å²) >= 11 is 1.99. The Morgan fingerprint density at radius 3 is 2.55 bits per heavy atom. The van der Waals surface area contributed by atoms with Gasteiger partial charge in [-0.3, -0.25) is 0 Å². The highest BCUT2D eigenvalue weighted by Crippen LogP contribution is 2.39. The molecule has 0 aliphatic heterocycles. The second-order valence-electron chi connectivity index (χ2n) is 6.17. The number of benzene rings is 1. The lowest BCUT2D eigenvalue weighted by Gasteiger charge is -2.33. The fourth-order valence-electron chi connectivity index (χ4n) is 3.61. The van der Waals surface area contributed by atoms with Gasteiger partial charge in [-0.15, -0.1) is 0 Å². The molecule has 20 heavy (non-hydrogen) atoms. The normalized spacial score (nSPS) is 27.1. The molecule has 0 amide bonds. The maximum absolute atomic E-state index is 13.9. The number of aromatic nitrogens is 2. The molecule has 1 aromatic heterocycles. The largest absolute Gasteiger partial charge is 0.369 e. The Morgan fingerprint density at radius 2 is 1.90 bits per heavy atom. The van der Waals surface area contributed by atoms with Crippen LogP contribution in [0.1, 0.15) is 39.2 Å². The Balaban J connectivity index is 2.10. The number of halogens is 2.